The fourth-order valence-corrected chi connectivity index (χ4v) is 1.22. The lowest BCUT2D eigenvalue weighted by Gasteiger charge is -2.13. The van der Waals surface area contributed by atoms with Crippen LogP contribution >= 0.6 is 0 Å². The minimum absolute atomic E-state index is 0.228. The van der Waals surface area contributed by atoms with Crippen LogP contribution in [0.1, 0.15) is 13.0 Å². The highest BCUT2D eigenvalue weighted by Crippen LogP contribution is 2.17. The predicted molar refractivity (Wildman–Crippen MR) is 58.5 cm³/mol. The smallest absolute Gasteiger partial charge is 0.0951 e. The molecule has 0 bridgehead atoms. The quantitative estimate of drug-likeness (QED) is 0.736. The number of hydrogen-bond donors (Lipinski definition) is 1. The second-order valence-corrected chi connectivity index (χ2v) is 2.94. The van der Waals surface area contributed by atoms with Crippen LogP contribution in [0.5, 0.6) is 0 Å². The van der Waals surface area contributed by atoms with Gasteiger partial charge in [-0.25, -0.2) is 4.98 Å². The molecule has 0 aliphatic carbocycles. The largest absolute Gasteiger partial charge is 0.405 e. The molecule has 0 saturated heterocycles. The van der Waals surface area contributed by atoms with E-state index in [1.165, 1.54) is 6.20 Å². The van der Waals surface area contributed by atoms with Crippen LogP contribution in [0.25, 0.3) is 0 Å². The van der Waals surface area contributed by atoms with Crippen molar-refractivity contribution in [2.24, 2.45) is 5.73 Å². The second kappa shape index (κ2) is 5.07. The van der Waals surface area contributed by atoms with Gasteiger partial charge in [0.05, 0.1) is 12.4 Å². The van der Waals surface area contributed by atoms with Gasteiger partial charge in [0.1, 0.15) is 0 Å². The minimum atomic E-state index is 0.228. The topological polar surface area (TPSA) is 43.8 Å². The van der Waals surface area contributed by atoms with Gasteiger partial charge in [0, 0.05) is 12.4 Å². The number of nitrogens with two attached hydrogens (primary N) is 1. The molecular formula is C11H15N3. The zero-order valence-electron chi connectivity index (χ0n) is 8.30. The summed E-state index contributed by atoms with van der Waals surface area (Å²) in [5.74, 6) is 0. The molecular weight excluding hydrogens is 174 g/mol. The summed E-state index contributed by atoms with van der Waals surface area (Å²) in [7, 11) is 0. The van der Waals surface area contributed by atoms with Crippen molar-refractivity contribution < 1.29 is 0 Å². The van der Waals surface area contributed by atoms with Crippen molar-refractivity contribution in [2.45, 2.75) is 13.0 Å². The maximum atomic E-state index is 5.27. The van der Waals surface area contributed by atoms with Crippen LogP contribution < -0.4 is 5.73 Å². The van der Waals surface area contributed by atoms with E-state index in [0.717, 1.165) is 5.57 Å². The normalized spacial score (nSPS) is 14.5. The SMILES string of the molecule is C=C/C(=C\C=C/N)C(C)n1ccnc1. The molecule has 0 radical (unpaired) electrons. The Bertz CT molecular complexity index is 333. The summed E-state index contributed by atoms with van der Waals surface area (Å²) in [5.41, 5.74) is 6.37. The van der Waals surface area contributed by atoms with E-state index in [4.69, 9.17) is 5.73 Å². The predicted octanol–water partition coefficient (Wildman–Crippen LogP) is 2.03. The molecule has 0 amide bonds. The Morgan fingerprint density at radius 2 is 2.43 bits per heavy atom. The van der Waals surface area contributed by atoms with Crippen molar-refractivity contribution in [3.63, 3.8) is 0 Å². The molecule has 2 N–H and O–H groups in total. The van der Waals surface area contributed by atoms with Gasteiger partial charge in [-0.15, -0.1) is 0 Å². The third-order valence-corrected chi connectivity index (χ3v) is 2.09. The van der Waals surface area contributed by atoms with Crippen molar-refractivity contribution >= 4 is 0 Å². The lowest BCUT2D eigenvalue weighted by Crippen LogP contribution is -2.04. The van der Waals surface area contributed by atoms with Crippen LogP contribution in [0.4, 0.5) is 0 Å². The van der Waals surface area contributed by atoms with Gasteiger partial charge in [0.2, 0.25) is 0 Å². The molecule has 1 heterocycles. The molecule has 3 nitrogen and oxygen atoms in total. The van der Waals surface area contributed by atoms with E-state index >= 15 is 0 Å². The Morgan fingerprint density at radius 1 is 1.64 bits per heavy atom. The molecule has 1 aromatic heterocycles. The summed E-state index contributed by atoms with van der Waals surface area (Å²) >= 11 is 0. The van der Waals surface area contributed by atoms with Gasteiger partial charge in [-0.3, -0.25) is 0 Å². The van der Waals surface area contributed by atoms with E-state index in [9.17, 15) is 0 Å². The van der Waals surface area contributed by atoms with Crippen molar-refractivity contribution in [3.8, 4) is 0 Å². The molecule has 1 aromatic rings. The van der Waals surface area contributed by atoms with Crippen LogP contribution in [0.3, 0.4) is 0 Å². The van der Waals surface area contributed by atoms with E-state index in [-0.39, 0.29) is 6.04 Å². The molecule has 0 saturated carbocycles. The zero-order chi connectivity index (χ0) is 10.4. The molecule has 0 aliphatic heterocycles. The zero-order valence-corrected chi connectivity index (χ0v) is 8.30. The summed E-state index contributed by atoms with van der Waals surface area (Å²) in [6.07, 6.45) is 12.5. The first-order valence-corrected chi connectivity index (χ1v) is 4.48. The van der Waals surface area contributed by atoms with Gasteiger partial charge in [-0.1, -0.05) is 18.7 Å². The van der Waals surface area contributed by atoms with E-state index in [2.05, 4.69) is 18.5 Å². The molecule has 0 spiro atoms. The summed E-state index contributed by atoms with van der Waals surface area (Å²) in [4.78, 5) is 4.00. The lowest BCUT2D eigenvalue weighted by atomic mass is 10.1. The van der Waals surface area contributed by atoms with E-state index in [1.807, 2.05) is 22.9 Å². The van der Waals surface area contributed by atoms with E-state index < -0.39 is 0 Å². The van der Waals surface area contributed by atoms with Gasteiger partial charge in [-0.05, 0) is 24.8 Å². The number of hydrogen-bond acceptors (Lipinski definition) is 2. The first-order valence-electron chi connectivity index (χ1n) is 4.48. The highest BCUT2D eigenvalue weighted by molar-refractivity contribution is 5.25. The number of rotatable bonds is 4. The standard InChI is InChI=1S/C11H15N3/c1-3-11(5-4-6-12)10(2)14-8-7-13-9-14/h3-10H,1,12H2,2H3/b6-4-,11-5+. The third-order valence-electron chi connectivity index (χ3n) is 2.09. The Balaban J connectivity index is 2.85. The summed E-state index contributed by atoms with van der Waals surface area (Å²) in [6, 6.07) is 0.228. The fraction of sp³-hybridized carbons (Fsp3) is 0.182. The lowest BCUT2D eigenvalue weighted by molar-refractivity contribution is 0.637. The van der Waals surface area contributed by atoms with Gasteiger partial charge < -0.3 is 10.3 Å². The number of imidazole rings is 1. The molecule has 1 atom stereocenters. The molecule has 14 heavy (non-hydrogen) atoms. The molecule has 3 heteroatoms. The molecule has 0 aliphatic rings. The monoisotopic (exact) mass is 189 g/mol. The average molecular weight is 189 g/mol. The maximum Gasteiger partial charge on any atom is 0.0951 e. The average Bonchev–Trinajstić information content (AvgIpc) is 2.71. The summed E-state index contributed by atoms with van der Waals surface area (Å²) < 4.78 is 2.01. The highest BCUT2D eigenvalue weighted by atomic mass is 15.0. The summed E-state index contributed by atoms with van der Waals surface area (Å²) in [6.45, 7) is 5.85. The number of aromatic nitrogens is 2. The Labute approximate surface area is 84.3 Å². The van der Waals surface area contributed by atoms with E-state index in [0.29, 0.717) is 0 Å². The van der Waals surface area contributed by atoms with Crippen molar-refractivity contribution in [2.75, 3.05) is 0 Å². The molecule has 74 valence electrons. The minimum Gasteiger partial charge on any atom is -0.405 e. The summed E-state index contributed by atoms with van der Waals surface area (Å²) in [5, 5.41) is 0. The van der Waals surface area contributed by atoms with Crippen LogP contribution in [0.15, 0.2) is 55.3 Å². The van der Waals surface area contributed by atoms with Gasteiger partial charge in [-0.2, -0.15) is 0 Å². The van der Waals surface area contributed by atoms with Gasteiger partial charge in [0.15, 0.2) is 0 Å². The van der Waals surface area contributed by atoms with Gasteiger partial charge >= 0.3 is 0 Å². The maximum absolute atomic E-state index is 5.27. The van der Waals surface area contributed by atoms with E-state index in [1.54, 1.807) is 18.6 Å². The number of allylic oxidation sites excluding steroid dienone is 4. The third kappa shape index (κ3) is 2.36. The fourth-order valence-electron chi connectivity index (χ4n) is 1.22. The van der Waals surface area contributed by atoms with Crippen molar-refractivity contribution in [1.29, 1.82) is 0 Å². The molecule has 0 aromatic carbocycles. The Kier molecular flexibility index (Phi) is 3.73. The Morgan fingerprint density at radius 3 is 2.93 bits per heavy atom. The van der Waals surface area contributed by atoms with Crippen LogP contribution in [-0.4, -0.2) is 9.55 Å². The van der Waals surface area contributed by atoms with Crippen molar-refractivity contribution in [1.82, 2.24) is 9.55 Å². The van der Waals surface area contributed by atoms with Gasteiger partial charge in [0.25, 0.3) is 0 Å². The van der Waals surface area contributed by atoms with Crippen LogP contribution in [-0.2, 0) is 0 Å². The first kappa shape index (κ1) is 10.3. The molecule has 1 unspecified atom stereocenters. The number of nitrogens with zero attached hydrogens (tertiary/aromatic N) is 2. The Hall–Kier alpha value is -1.77. The second-order valence-electron chi connectivity index (χ2n) is 2.94. The molecule has 1 rings (SSSR count). The van der Waals surface area contributed by atoms with Crippen LogP contribution in [0.2, 0.25) is 0 Å². The van der Waals surface area contributed by atoms with Crippen molar-refractivity contribution in [3.05, 3.63) is 55.3 Å². The highest BCUT2D eigenvalue weighted by Gasteiger charge is 2.05. The first-order chi connectivity index (χ1) is 6.79. The van der Waals surface area contributed by atoms with Crippen LogP contribution in [0, 0.1) is 0 Å². The molecule has 0 fully saturated rings.